The average molecular weight is 172 g/mol. The molecule has 0 spiro atoms. The van der Waals surface area contributed by atoms with E-state index in [0.29, 0.717) is 12.0 Å². The molecule has 0 radical (unpaired) electrons. The van der Waals surface area contributed by atoms with Gasteiger partial charge in [-0.05, 0) is 5.92 Å². The van der Waals surface area contributed by atoms with E-state index in [2.05, 4.69) is 24.5 Å². The van der Waals surface area contributed by atoms with Crippen LogP contribution in [-0.4, -0.2) is 38.9 Å². The van der Waals surface area contributed by atoms with E-state index in [1.54, 1.807) is 0 Å². The summed E-state index contributed by atoms with van der Waals surface area (Å²) in [6, 6.07) is 0.688. The maximum absolute atomic E-state index is 5.43. The van der Waals surface area contributed by atoms with Crippen LogP contribution in [0.25, 0.3) is 0 Å². The quantitative estimate of drug-likeness (QED) is 0.562. The molecule has 1 heterocycles. The van der Waals surface area contributed by atoms with Gasteiger partial charge in [0.2, 0.25) is 0 Å². The highest BCUT2D eigenvalue weighted by molar-refractivity contribution is 4.80. The van der Waals surface area contributed by atoms with Gasteiger partial charge in [0.05, 0.1) is 6.61 Å². The van der Waals surface area contributed by atoms with Crippen molar-refractivity contribution in [3.8, 4) is 0 Å². The van der Waals surface area contributed by atoms with Crippen molar-refractivity contribution in [1.82, 2.24) is 10.6 Å². The van der Waals surface area contributed by atoms with Crippen molar-refractivity contribution in [3.63, 3.8) is 0 Å². The monoisotopic (exact) mass is 172 g/mol. The molecule has 0 aromatic carbocycles. The van der Waals surface area contributed by atoms with Gasteiger partial charge in [0.1, 0.15) is 0 Å². The third kappa shape index (κ3) is 4.04. The summed E-state index contributed by atoms with van der Waals surface area (Å²) in [5.41, 5.74) is 0. The van der Waals surface area contributed by atoms with Crippen LogP contribution >= 0.6 is 0 Å². The molecule has 0 aromatic heterocycles. The normalized spacial score (nSPS) is 18.2. The molecule has 2 N–H and O–H groups in total. The first-order valence-electron chi connectivity index (χ1n) is 4.81. The second-order valence-electron chi connectivity index (χ2n) is 3.78. The summed E-state index contributed by atoms with van der Waals surface area (Å²) < 4.78 is 5.43. The summed E-state index contributed by atoms with van der Waals surface area (Å²) in [5, 5.41) is 6.62. The van der Waals surface area contributed by atoms with Gasteiger partial charge in [0, 0.05) is 32.3 Å². The molecular weight excluding hydrogens is 152 g/mol. The number of nitrogens with one attached hydrogen (secondary N) is 2. The smallest absolute Gasteiger partial charge is 0.0591 e. The van der Waals surface area contributed by atoms with Gasteiger partial charge in [-0.2, -0.15) is 0 Å². The molecule has 0 amide bonds. The zero-order valence-corrected chi connectivity index (χ0v) is 8.10. The molecule has 0 aliphatic carbocycles. The van der Waals surface area contributed by atoms with Gasteiger partial charge >= 0.3 is 0 Å². The second-order valence-corrected chi connectivity index (χ2v) is 3.78. The van der Waals surface area contributed by atoms with Gasteiger partial charge in [0.15, 0.2) is 0 Å². The van der Waals surface area contributed by atoms with Gasteiger partial charge in [-0.3, -0.25) is 0 Å². The van der Waals surface area contributed by atoms with Crippen LogP contribution in [0.1, 0.15) is 13.8 Å². The SMILES string of the molecule is CC(C)COCCNC1CNC1. The Morgan fingerprint density at radius 3 is 2.75 bits per heavy atom. The van der Waals surface area contributed by atoms with Crippen LogP contribution in [0.15, 0.2) is 0 Å². The van der Waals surface area contributed by atoms with Gasteiger partial charge < -0.3 is 15.4 Å². The van der Waals surface area contributed by atoms with Crippen molar-refractivity contribution >= 4 is 0 Å². The van der Waals surface area contributed by atoms with E-state index in [9.17, 15) is 0 Å². The van der Waals surface area contributed by atoms with Crippen LogP contribution in [0.2, 0.25) is 0 Å². The number of hydrogen-bond acceptors (Lipinski definition) is 3. The molecule has 1 aliphatic rings. The molecule has 0 aromatic rings. The molecule has 0 bridgehead atoms. The minimum absolute atomic E-state index is 0.648. The summed E-state index contributed by atoms with van der Waals surface area (Å²) in [6.45, 7) is 9.28. The highest BCUT2D eigenvalue weighted by atomic mass is 16.5. The summed E-state index contributed by atoms with van der Waals surface area (Å²) in [7, 11) is 0. The van der Waals surface area contributed by atoms with E-state index >= 15 is 0 Å². The lowest BCUT2D eigenvalue weighted by atomic mass is 10.2. The summed E-state index contributed by atoms with van der Waals surface area (Å²) in [5.74, 6) is 0.648. The fourth-order valence-electron chi connectivity index (χ4n) is 1.09. The van der Waals surface area contributed by atoms with Crippen LogP contribution in [0.5, 0.6) is 0 Å². The molecular formula is C9H20N2O. The number of hydrogen-bond donors (Lipinski definition) is 2. The summed E-state index contributed by atoms with van der Waals surface area (Å²) in [4.78, 5) is 0. The fourth-order valence-corrected chi connectivity index (χ4v) is 1.09. The molecule has 0 unspecified atom stereocenters. The van der Waals surface area contributed by atoms with E-state index in [0.717, 1.165) is 32.8 Å². The molecule has 3 heteroatoms. The van der Waals surface area contributed by atoms with Crippen LogP contribution < -0.4 is 10.6 Å². The minimum atomic E-state index is 0.648. The number of ether oxygens (including phenoxy) is 1. The molecule has 1 saturated heterocycles. The third-order valence-electron chi connectivity index (χ3n) is 1.91. The topological polar surface area (TPSA) is 33.3 Å². The lowest BCUT2D eigenvalue weighted by Gasteiger charge is -2.28. The minimum Gasteiger partial charge on any atom is -0.380 e. The first-order valence-corrected chi connectivity index (χ1v) is 4.81. The standard InChI is InChI=1S/C9H20N2O/c1-8(2)7-12-4-3-11-9-5-10-6-9/h8-11H,3-7H2,1-2H3. The Morgan fingerprint density at radius 2 is 2.25 bits per heavy atom. The highest BCUT2D eigenvalue weighted by Crippen LogP contribution is 1.92. The van der Waals surface area contributed by atoms with Crippen molar-refractivity contribution in [2.45, 2.75) is 19.9 Å². The molecule has 1 rings (SSSR count). The molecule has 1 fully saturated rings. The Kier molecular flexibility index (Phi) is 4.58. The fraction of sp³-hybridized carbons (Fsp3) is 1.00. The van der Waals surface area contributed by atoms with Gasteiger partial charge in [-0.15, -0.1) is 0 Å². The molecule has 0 saturated carbocycles. The Labute approximate surface area is 74.9 Å². The summed E-state index contributed by atoms with van der Waals surface area (Å²) >= 11 is 0. The van der Waals surface area contributed by atoms with E-state index < -0.39 is 0 Å². The van der Waals surface area contributed by atoms with Gasteiger partial charge in [-0.1, -0.05) is 13.8 Å². The lowest BCUT2D eigenvalue weighted by molar-refractivity contribution is 0.108. The maximum atomic E-state index is 5.43. The van der Waals surface area contributed by atoms with Crippen molar-refractivity contribution in [2.24, 2.45) is 5.92 Å². The molecule has 1 aliphatic heterocycles. The Morgan fingerprint density at radius 1 is 1.50 bits per heavy atom. The van der Waals surface area contributed by atoms with Crippen LogP contribution in [0, 0.1) is 5.92 Å². The first kappa shape index (κ1) is 9.96. The largest absolute Gasteiger partial charge is 0.380 e. The predicted octanol–water partition coefficient (Wildman–Crippen LogP) is 0.220. The molecule has 3 nitrogen and oxygen atoms in total. The van der Waals surface area contributed by atoms with Crippen molar-refractivity contribution in [1.29, 1.82) is 0 Å². The van der Waals surface area contributed by atoms with E-state index in [-0.39, 0.29) is 0 Å². The average Bonchev–Trinajstić information content (AvgIpc) is 1.92. The molecule has 0 atom stereocenters. The van der Waals surface area contributed by atoms with Crippen LogP contribution in [0.3, 0.4) is 0 Å². The molecule has 12 heavy (non-hydrogen) atoms. The zero-order chi connectivity index (χ0) is 8.81. The van der Waals surface area contributed by atoms with E-state index in [4.69, 9.17) is 4.74 Å². The summed E-state index contributed by atoms with van der Waals surface area (Å²) in [6.07, 6.45) is 0. The highest BCUT2D eigenvalue weighted by Gasteiger charge is 2.14. The van der Waals surface area contributed by atoms with Crippen molar-refractivity contribution < 1.29 is 4.74 Å². The lowest BCUT2D eigenvalue weighted by Crippen LogP contribution is -2.55. The predicted molar refractivity (Wildman–Crippen MR) is 50.3 cm³/mol. The van der Waals surface area contributed by atoms with Gasteiger partial charge in [0.25, 0.3) is 0 Å². The van der Waals surface area contributed by atoms with E-state index in [1.807, 2.05) is 0 Å². The van der Waals surface area contributed by atoms with Gasteiger partial charge in [-0.25, -0.2) is 0 Å². The second kappa shape index (κ2) is 5.51. The van der Waals surface area contributed by atoms with Crippen LogP contribution in [0.4, 0.5) is 0 Å². The van der Waals surface area contributed by atoms with Crippen molar-refractivity contribution in [3.05, 3.63) is 0 Å². The van der Waals surface area contributed by atoms with Crippen LogP contribution in [-0.2, 0) is 4.74 Å². The third-order valence-corrected chi connectivity index (χ3v) is 1.91. The van der Waals surface area contributed by atoms with Crippen molar-refractivity contribution in [2.75, 3.05) is 32.8 Å². The number of rotatable bonds is 6. The Hall–Kier alpha value is -0.120. The first-order chi connectivity index (χ1) is 5.79. The Balaban J connectivity index is 1.76. The molecule has 72 valence electrons. The van der Waals surface area contributed by atoms with E-state index in [1.165, 1.54) is 0 Å². The zero-order valence-electron chi connectivity index (χ0n) is 8.10. The Bertz CT molecular complexity index is 113. The maximum Gasteiger partial charge on any atom is 0.0591 e.